The highest BCUT2D eigenvalue weighted by molar-refractivity contribution is 7.13. The number of methoxy groups -OCH3 is 1. The fourth-order valence-electron chi connectivity index (χ4n) is 3.32. The van der Waals surface area contributed by atoms with Crippen LogP contribution in [0.2, 0.25) is 0 Å². The Labute approximate surface area is 156 Å². The Morgan fingerprint density at radius 2 is 2.08 bits per heavy atom. The molecule has 0 saturated carbocycles. The first kappa shape index (κ1) is 18.5. The van der Waals surface area contributed by atoms with Gasteiger partial charge in [-0.3, -0.25) is 9.59 Å². The molecular formula is C19H22N2O4S. The summed E-state index contributed by atoms with van der Waals surface area (Å²) in [5.74, 6) is -1.06. The van der Waals surface area contributed by atoms with Crippen molar-refractivity contribution in [2.24, 2.45) is 5.41 Å². The van der Waals surface area contributed by atoms with E-state index in [2.05, 4.69) is 4.98 Å². The van der Waals surface area contributed by atoms with Gasteiger partial charge in [0.25, 0.3) is 5.91 Å². The molecule has 1 fully saturated rings. The van der Waals surface area contributed by atoms with Crippen LogP contribution in [0.5, 0.6) is 0 Å². The highest BCUT2D eigenvalue weighted by Crippen LogP contribution is 2.33. The molecule has 0 aliphatic carbocycles. The van der Waals surface area contributed by atoms with E-state index in [1.54, 1.807) is 4.90 Å². The lowest BCUT2D eigenvalue weighted by atomic mass is 9.88. The van der Waals surface area contributed by atoms with Crippen molar-refractivity contribution < 1.29 is 19.4 Å². The van der Waals surface area contributed by atoms with Gasteiger partial charge >= 0.3 is 5.97 Å². The summed E-state index contributed by atoms with van der Waals surface area (Å²) in [5.41, 5.74) is 0.826. The number of aromatic nitrogens is 1. The van der Waals surface area contributed by atoms with E-state index in [9.17, 15) is 14.7 Å². The fraction of sp³-hybridized carbons (Fsp3) is 0.421. The zero-order valence-corrected chi connectivity index (χ0v) is 15.7. The summed E-state index contributed by atoms with van der Waals surface area (Å²) in [5, 5.41) is 10.4. The number of aliphatic carboxylic acids is 1. The first-order valence-electron chi connectivity index (χ1n) is 8.47. The highest BCUT2D eigenvalue weighted by atomic mass is 32.1. The van der Waals surface area contributed by atoms with Gasteiger partial charge in [0.2, 0.25) is 0 Å². The smallest absolute Gasteiger partial charge is 0.313 e. The molecule has 6 nitrogen and oxygen atoms in total. The SMILES string of the molecule is COCC1(C(=O)O)CCN(C(=O)c2sc(Cc3ccccc3)nc2C)C1. The molecule has 3 rings (SSSR count). The molecule has 1 N–H and O–H groups in total. The second-order valence-electron chi connectivity index (χ2n) is 6.68. The van der Waals surface area contributed by atoms with Crippen molar-refractivity contribution >= 4 is 23.2 Å². The average Bonchev–Trinajstić information content (AvgIpc) is 3.20. The lowest BCUT2D eigenvalue weighted by Crippen LogP contribution is -2.40. The van der Waals surface area contributed by atoms with Gasteiger partial charge in [0.15, 0.2) is 0 Å². The summed E-state index contributed by atoms with van der Waals surface area (Å²) in [6.45, 7) is 2.52. The summed E-state index contributed by atoms with van der Waals surface area (Å²) in [4.78, 5) is 31.3. The predicted octanol–water partition coefficient (Wildman–Crippen LogP) is 2.61. The van der Waals surface area contributed by atoms with Crippen LogP contribution in [0.3, 0.4) is 0 Å². The number of rotatable bonds is 6. The number of carbonyl (C=O) groups is 2. The maximum Gasteiger partial charge on any atom is 0.313 e. The first-order valence-corrected chi connectivity index (χ1v) is 9.29. The van der Waals surface area contributed by atoms with Gasteiger partial charge in [0.1, 0.15) is 10.3 Å². The molecule has 1 atom stereocenters. The molecule has 1 aliphatic rings. The number of amides is 1. The highest BCUT2D eigenvalue weighted by Gasteiger charge is 2.46. The third-order valence-corrected chi connectivity index (χ3v) is 5.89. The van der Waals surface area contributed by atoms with Gasteiger partial charge in [-0.1, -0.05) is 30.3 Å². The van der Waals surface area contributed by atoms with Gasteiger partial charge in [-0.05, 0) is 18.9 Å². The predicted molar refractivity (Wildman–Crippen MR) is 98.6 cm³/mol. The van der Waals surface area contributed by atoms with Crippen LogP contribution in [-0.2, 0) is 16.0 Å². The van der Waals surface area contributed by atoms with E-state index in [4.69, 9.17) is 4.74 Å². The molecular weight excluding hydrogens is 352 g/mol. The Morgan fingerprint density at radius 1 is 1.35 bits per heavy atom. The Morgan fingerprint density at radius 3 is 2.73 bits per heavy atom. The number of carboxylic acids is 1. The van der Waals surface area contributed by atoms with Gasteiger partial charge < -0.3 is 14.7 Å². The third-order valence-electron chi connectivity index (χ3n) is 4.75. The third kappa shape index (κ3) is 3.64. The number of carbonyl (C=O) groups excluding carboxylic acids is 1. The van der Waals surface area contributed by atoms with Crippen molar-refractivity contribution in [1.29, 1.82) is 0 Å². The molecule has 7 heteroatoms. The van der Waals surface area contributed by atoms with Crippen LogP contribution < -0.4 is 0 Å². The molecule has 2 heterocycles. The van der Waals surface area contributed by atoms with Crippen LogP contribution in [0.1, 0.15) is 32.4 Å². The van der Waals surface area contributed by atoms with Gasteiger partial charge in [-0.15, -0.1) is 11.3 Å². The second-order valence-corrected chi connectivity index (χ2v) is 7.76. The molecule has 1 unspecified atom stereocenters. The number of nitrogens with zero attached hydrogens (tertiary/aromatic N) is 2. The molecule has 1 aromatic heterocycles. The zero-order valence-electron chi connectivity index (χ0n) is 14.9. The molecule has 1 aliphatic heterocycles. The Balaban J connectivity index is 1.75. The number of likely N-dealkylation sites (tertiary alicyclic amines) is 1. The van der Waals surface area contributed by atoms with E-state index in [1.165, 1.54) is 18.4 Å². The van der Waals surface area contributed by atoms with Crippen LogP contribution in [0.25, 0.3) is 0 Å². The number of ether oxygens (including phenoxy) is 1. The summed E-state index contributed by atoms with van der Waals surface area (Å²) in [7, 11) is 1.48. The van der Waals surface area contributed by atoms with Crippen molar-refractivity contribution in [3.05, 3.63) is 51.5 Å². The van der Waals surface area contributed by atoms with E-state index in [0.29, 0.717) is 30.0 Å². The van der Waals surface area contributed by atoms with E-state index in [0.717, 1.165) is 10.6 Å². The molecule has 1 amide bonds. The number of benzene rings is 1. The van der Waals surface area contributed by atoms with Crippen molar-refractivity contribution in [1.82, 2.24) is 9.88 Å². The minimum absolute atomic E-state index is 0.104. The normalized spacial score (nSPS) is 19.7. The van der Waals surface area contributed by atoms with Gasteiger partial charge in [-0.25, -0.2) is 4.98 Å². The number of thiazole rings is 1. The Kier molecular flexibility index (Phi) is 5.38. The van der Waals surface area contributed by atoms with Crippen LogP contribution in [0, 0.1) is 12.3 Å². The van der Waals surface area contributed by atoms with Crippen molar-refractivity contribution in [3.63, 3.8) is 0 Å². The first-order chi connectivity index (χ1) is 12.4. The van der Waals surface area contributed by atoms with Gasteiger partial charge in [0.05, 0.1) is 17.3 Å². The van der Waals surface area contributed by atoms with E-state index >= 15 is 0 Å². The largest absolute Gasteiger partial charge is 0.481 e. The molecule has 1 saturated heterocycles. The lowest BCUT2D eigenvalue weighted by Gasteiger charge is -2.23. The maximum absolute atomic E-state index is 12.9. The summed E-state index contributed by atoms with van der Waals surface area (Å²) in [6.07, 6.45) is 1.08. The molecule has 26 heavy (non-hydrogen) atoms. The standard InChI is InChI=1S/C19H22N2O4S/c1-13-16(26-15(20-13)10-14-6-4-3-5-7-14)17(22)21-9-8-19(11-21,12-25-2)18(23)24/h3-7H,8-12H2,1-2H3,(H,23,24). The average molecular weight is 374 g/mol. The Bertz CT molecular complexity index is 805. The number of hydrogen-bond donors (Lipinski definition) is 1. The topological polar surface area (TPSA) is 79.7 Å². The molecule has 0 radical (unpaired) electrons. The lowest BCUT2D eigenvalue weighted by molar-refractivity contribution is -0.151. The van der Waals surface area contributed by atoms with Crippen LogP contribution in [0.4, 0.5) is 0 Å². The van der Waals surface area contributed by atoms with Gasteiger partial charge in [0, 0.05) is 26.6 Å². The van der Waals surface area contributed by atoms with Crippen LogP contribution >= 0.6 is 11.3 Å². The monoisotopic (exact) mass is 374 g/mol. The van der Waals surface area contributed by atoms with Crippen LogP contribution in [-0.4, -0.2) is 53.7 Å². The molecule has 2 aromatic rings. The molecule has 0 bridgehead atoms. The summed E-state index contributed by atoms with van der Waals surface area (Å²) >= 11 is 1.39. The van der Waals surface area contributed by atoms with Crippen molar-refractivity contribution in [2.75, 3.05) is 26.8 Å². The van der Waals surface area contributed by atoms with Crippen LogP contribution in [0.15, 0.2) is 30.3 Å². The Hall–Kier alpha value is -2.25. The fourth-order valence-corrected chi connectivity index (χ4v) is 4.38. The quantitative estimate of drug-likeness (QED) is 0.841. The molecule has 0 spiro atoms. The molecule has 138 valence electrons. The van der Waals surface area contributed by atoms with Crippen molar-refractivity contribution in [2.45, 2.75) is 19.8 Å². The van der Waals surface area contributed by atoms with E-state index in [1.807, 2.05) is 37.3 Å². The minimum Gasteiger partial charge on any atom is -0.481 e. The molecule has 1 aromatic carbocycles. The summed E-state index contributed by atoms with van der Waals surface area (Å²) < 4.78 is 5.09. The van der Waals surface area contributed by atoms with E-state index in [-0.39, 0.29) is 19.1 Å². The number of aryl methyl sites for hydroxylation is 1. The van der Waals surface area contributed by atoms with Gasteiger partial charge in [-0.2, -0.15) is 0 Å². The number of carboxylic acid groups (broad SMARTS) is 1. The zero-order chi connectivity index (χ0) is 18.7. The number of hydrogen-bond acceptors (Lipinski definition) is 5. The van der Waals surface area contributed by atoms with Crippen molar-refractivity contribution in [3.8, 4) is 0 Å². The van der Waals surface area contributed by atoms with E-state index < -0.39 is 11.4 Å². The maximum atomic E-state index is 12.9. The minimum atomic E-state index is -1.02. The summed E-state index contributed by atoms with van der Waals surface area (Å²) in [6, 6.07) is 9.99. The second kappa shape index (κ2) is 7.55.